The lowest BCUT2D eigenvalue weighted by Gasteiger charge is -2.36. The van der Waals surface area contributed by atoms with Gasteiger partial charge < -0.3 is 79.7 Å². The van der Waals surface area contributed by atoms with Crippen LogP contribution in [0.2, 0.25) is 0 Å². The van der Waals surface area contributed by atoms with Crippen LogP contribution in [-0.2, 0) is 62.3 Å². The number of nitrogens with one attached hydrogen (secondary N) is 8. The van der Waals surface area contributed by atoms with E-state index >= 15 is 0 Å². The lowest BCUT2D eigenvalue weighted by Crippen LogP contribution is -2.62. The lowest BCUT2D eigenvalue weighted by molar-refractivity contribution is -0.151. The van der Waals surface area contributed by atoms with Gasteiger partial charge in [0.25, 0.3) is 17.7 Å². The molecule has 2 aliphatic rings. The minimum atomic E-state index is -2.01. The van der Waals surface area contributed by atoms with E-state index in [1.165, 1.54) is 19.9 Å². The molecule has 0 spiro atoms. The smallest absolute Gasteiger partial charge is 0.268 e. The number of likely N-dealkylation sites (N-methyl/N-ethyl adjacent to an activating group) is 1. The Hall–Kier alpha value is -7.49. The van der Waals surface area contributed by atoms with Crippen molar-refractivity contribution < 1.29 is 72.5 Å². The van der Waals surface area contributed by atoms with Crippen molar-refractivity contribution in [2.75, 3.05) is 13.6 Å². The molecule has 0 aliphatic carbocycles. The van der Waals surface area contributed by atoms with Gasteiger partial charge in [-0.3, -0.25) is 62.3 Å². The quantitative estimate of drug-likeness (QED) is 0.0465. The maximum absolute atomic E-state index is 14.6. The molecule has 0 aromatic rings. The first-order valence-corrected chi connectivity index (χ1v) is 28.1. The number of nitrogens with zero attached hydrogens (tertiary/aromatic N) is 2. The van der Waals surface area contributed by atoms with Crippen molar-refractivity contribution >= 4 is 76.8 Å². The normalized spacial score (nSPS) is 26.7. The molecule has 16 N–H and O–H groups in total. The Bertz CT molecular complexity index is 2380. The van der Waals surface area contributed by atoms with E-state index < -0.39 is 186 Å². The number of aliphatic hydroxyl groups excluding tert-OH is 2. The van der Waals surface area contributed by atoms with Crippen molar-refractivity contribution in [1.29, 1.82) is 0 Å². The summed E-state index contributed by atoms with van der Waals surface area (Å²) in [6.07, 6.45) is 4.51. The summed E-state index contributed by atoms with van der Waals surface area (Å²) in [6.45, 7) is 11.8. The molecular weight excluding hydrogens is 1070 g/mol. The Morgan fingerprint density at radius 1 is 0.634 bits per heavy atom. The Morgan fingerprint density at radius 2 is 1.17 bits per heavy atom. The molecule has 0 radical (unpaired) electrons. The molecule has 0 bridgehead atoms. The molecule has 28 heteroatoms. The fourth-order valence-corrected chi connectivity index (χ4v) is 9.39. The molecule has 0 aromatic carbocycles. The Balaban J connectivity index is 2.80. The van der Waals surface area contributed by atoms with Crippen molar-refractivity contribution in [1.82, 2.24) is 52.3 Å². The van der Waals surface area contributed by atoms with E-state index in [0.29, 0.717) is 12.8 Å². The van der Waals surface area contributed by atoms with Crippen LogP contribution in [0.5, 0.6) is 0 Å². The van der Waals surface area contributed by atoms with E-state index in [1.54, 1.807) is 20.8 Å². The predicted molar refractivity (Wildman–Crippen MR) is 297 cm³/mol. The summed E-state index contributed by atoms with van der Waals surface area (Å²) >= 11 is 0. The molecule has 28 nitrogen and oxygen atoms in total. The minimum absolute atomic E-state index is 0.0589. The average Bonchev–Trinajstić information content (AvgIpc) is 4.12. The standard InChI is InChI=1S/C54H89N13O15/c1-10-13-14-15-16-17-18-19-21-29(6)42-44(72)52(80)63-41(28(4)5)51(79)60-33(12-3)46(74)61-34(23-24-38(55)69)48(76)59-32(11-2)47(75)62-35(26-39(56)70)49(77)58-30(7)45(73)65-43(31(8)68)54(82)66(9)37(27-40(57)71)53(81)67-25-20-22-36(67)50(78)64-42/h11-12,28-31,34-37,41-44,68,72H,10,13-27H2,1-9H3,(H2,55,69)(H2,56,70)(H2,57,71)(H,58,77)(H,59,76)(H,60,79)(H,61,74)(H,62,75)(H,63,80)(H,64,78)(H,65,73)/b32-11+,33-12+/t29?,30-,31-,34-,35-,36-,37-,41-,42?,43+,44?/m0/s1. The van der Waals surface area contributed by atoms with Gasteiger partial charge in [-0.15, -0.1) is 0 Å². The first kappa shape index (κ1) is 70.6. The lowest BCUT2D eigenvalue weighted by atomic mass is 9.90. The van der Waals surface area contributed by atoms with E-state index in [0.717, 1.165) is 81.7 Å². The fourth-order valence-electron chi connectivity index (χ4n) is 9.39. The Labute approximate surface area is 478 Å². The third kappa shape index (κ3) is 22.1. The second kappa shape index (κ2) is 34.7. The number of carbonyl (C=O) groups excluding carboxylic acids is 13. The largest absolute Gasteiger partial charge is 0.391 e. The van der Waals surface area contributed by atoms with Gasteiger partial charge in [0.15, 0.2) is 6.10 Å². The van der Waals surface area contributed by atoms with Gasteiger partial charge in [0.2, 0.25) is 59.1 Å². The van der Waals surface area contributed by atoms with Crippen LogP contribution in [0.15, 0.2) is 23.5 Å². The molecule has 0 aromatic heterocycles. The molecule has 3 unspecified atom stereocenters. The number of aliphatic hydroxyl groups is 2. The molecule has 460 valence electrons. The molecule has 2 aliphatic heterocycles. The van der Waals surface area contributed by atoms with E-state index in [2.05, 4.69) is 49.5 Å². The predicted octanol–water partition coefficient (Wildman–Crippen LogP) is -2.63. The van der Waals surface area contributed by atoms with Crippen LogP contribution in [-0.4, -0.2) is 171 Å². The first-order chi connectivity index (χ1) is 38.5. The average molecular weight is 1160 g/mol. The molecule has 2 fully saturated rings. The van der Waals surface area contributed by atoms with Crippen LogP contribution < -0.4 is 59.7 Å². The first-order valence-electron chi connectivity index (χ1n) is 28.1. The second-order valence-electron chi connectivity index (χ2n) is 21.3. The van der Waals surface area contributed by atoms with Crippen LogP contribution in [0.3, 0.4) is 0 Å². The SMILES string of the molecule is C/C=C1/NC(=O)[C@H](CCC(N)=O)NC(=O)/C(=C\C)NC(=O)[C@H](C(C)C)NC(=O)C(O)C(C(C)CCCCCCCCCC)NC(=O)[C@@H]2CCCN2C(=O)[C@H](CC(N)=O)N(C)C(=O)[C@@H]([C@H](C)O)NC(=O)[C@H](C)NC(=O)[C@H](CC(N)=O)NC1=O. The number of carbonyl (C=O) groups is 13. The number of allylic oxidation sites excluding steroid dienone is 2. The summed E-state index contributed by atoms with van der Waals surface area (Å²) in [7, 11) is 1.10. The zero-order chi connectivity index (χ0) is 62.1. The summed E-state index contributed by atoms with van der Waals surface area (Å²) in [6, 6.07) is -12.7. The van der Waals surface area contributed by atoms with Gasteiger partial charge >= 0.3 is 0 Å². The minimum Gasteiger partial charge on any atom is -0.391 e. The van der Waals surface area contributed by atoms with E-state index in [-0.39, 0.29) is 19.4 Å². The van der Waals surface area contributed by atoms with Gasteiger partial charge in [0.05, 0.1) is 25.0 Å². The van der Waals surface area contributed by atoms with Gasteiger partial charge in [-0.25, -0.2) is 0 Å². The number of amides is 13. The van der Waals surface area contributed by atoms with Crippen LogP contribution >= 0.6 is 0 Å². The summed E-state index contributed by atoms with van der Waals surface area (Å²) in [5, 5.41) is 42.0. The van der Waals surface area contributed by atoms with E-state index in [4.69, 9.17) is 17.2 Å². The summed E-state index contributed by atoms with van der Waals surface area (Å²) < 4.78 is 0. The highest BCUT2D eigenvalue weighted by Gasteiger charge is 2.44. The second-order valence-corrected chi connectivity index (χ2v) is 21.3. The number of hydrogen-bond acceptors (Lipinski definition) is 15. The summed E-state index contributed by atoms with van der Waals surface area (Å²) in [5.41, 5.74) is 15.4. The Kier molecular flexibility index (Phi) is 29.9. The summed E-state index contributed by atoms with van der Waals surface area (Å²) in [5.74, 6) is -14.9. The number of nitrogens with two attached hydrogens (primary N) is 3. The van der Waals surface area contributed by atoms with Crippen molar-refractivity contribution in [3.63, 3.8) is 0 Å². The van der Waals surface area contributed by atoms with E-state index in [9.17, 15) is 72.5 Å². The number of primary amides is 3. The molecular formula is C54H89N13O15. The highest BCUT2D eigenvalue weighted by Crippen LogP contribution is 2.24. The highest BCUT2D eigenvalue weighted by molar-refractivity contribution is 6.05. The molecule has 13 amide bonds. The van der Waals surface area contributed by atoms with Crippen molar-refractivity contribution in [2.45, 2.75) is 212 Å². The third-order valence-electron chi connectivity index (χ3n) is 14.3. The molecule has 82 heavy (non-hydrogen) atoms. The molecule has 2 rings (SSSR count). The maximum atomic E-state index is 14.6. The number of hydrogen-bond donors (Lipinski definition) is 13. The maximum Gasteiger partial charge on any atom is 0.268 e. The van der Waals surface area contributed by atoms with Crippen LogP contribution in [0.4, 0.5) is 0 Å². The number of rotatable bonds is 19. The third-order valence-corrected chi connectivity index (χ3v) is 14.3. The van der Waals surface area contributed by atoms with Crippen molar-refractivity contribution in [3.05, 3.63) is 23.5 Å². The van der Waals surface area contributed by atoms with Crippen molar-refractivity contribution in [3.8, 4) is 0 Å². The monoisotopic (exact) mass is 1160 g/mol. The number of fused-ring (bicyclic) bond motifs is 1. The molecule has 2 heterocycles. The van der Waals surface area contributed by atoms with Crippen LogP contribution in [0, 0.1) is 11.8 Å². The van der Waals surface area contributed by atoms with E-state index in [1.807, 2.05) is 0 Å². The summed E-state index contributed by atoms with van der Waals surface area (Å²) in [4.78, 5) is 179. The van der Waals surface area contributed by atoms with Gasteiger partial charge in [-0.05, 0) is 65.2 Å². The molecule has 11 atom stereocenters. The van der Waals surface area contributed by atoms with Crippen molar-refractivity contribution in [2.24, 2.45) is 29.0 Å². The van der Waals surface area contributed by atoms with Gasteiger partial charge in [-0.2, -0.15) is 0 Å². The highest BCUT2D eigenvalue weighted by atomic mass is 16.3. The number of unbranched alkanes of at least 4 members (excludes halogenated alkanes) is 7. The van der Waals surface area contributed by atoms with Gasteiger partial charge in [0, 0.05) is 20.0 Å². The topological polar surface area (TPSA) is 443 Å². The van der Waals surface area contributed by atoms with Gasteiger partial charge in [-0.1, -0.05) is 91.2 Å². The molecule has 0 saturated carbocycles. The Morgan fingerprint density at radius 3 is 1.70 bits per heavy atom. The van der Waals surface area contributed by atoms with Gasteiger partial charge in [0.1, 0.15) is 53.7 Å². The fraction of sp³-hybridized carbons (Fsp3) is 0.685. The molecule has 2 saturated heterocycles. The zero-order valence-corrected chi connectivity index (χ0v) is 48.7. The van der Waals surface area contributed by atoms with Crippen LogP contribution in [0.25, 0.3) is 0 Å². The zero-order valence-electron chi connectivity index (χ0n) is 48.7. The van der Waals surface area contributed by atoms with Crippen LogP contribution in [0.1, 0.15) is 152 Å².